The molecule has 0 aliphatic carbocycles. The van der Waals surface area contributed by atoms with Crippen LogP contribution in [0.25, 0.3) is 0 Å². The number of carbonyl (C=O) groups excluding carboxylic acids is 1. The van der Waals surface area contributed by atoms with Crippen molar-refractivity contribution in [2.24, 2.45) is 0 Å². The zero-order chi connectivity index (χ0) is 18.5. The second-order valence-electron chi connectivity index (χ2n) is 6.64. The number of amides is 2. The number of ether oxygens (including phenoxy) is 1. The van der Waals surface area contributed by atoms with Crippen LogP contribution in [0.2, 0.25) is 0 Å². The quantitative estimate of drug-likeness (QED) is 0.888. The monoisotopic (exact) mass is 368 g/mol. The average molecular weight is 368 g/mol. The summed E-state index contributed by atoms with van der Waals surface area (Å²) in [6.07, 6.45) is 1.80. The van der Waals surface area contributed by atoms with Crippen LogP contribution in [0, 0.1) is 0 Å². The predicted molar refractivity (Wildman–Crippen MR) is 104 cm³/mol. The second-order valence-corrected chi connectivity index (χ2v) is 6.64. The molecule has 2 aliphatic heterocycles. The highest BCUT2D eigenvalue weighted by atomic mass is 16.5. The number of urea groups is 1. The summed E-state index contributed by atoms with van der Waals surface area (Å²) in [4.78, 5) is 18.7. The first-order valence-corrected chi connectivity index (χ1v) is 9.31. The maximum Gasteiger partial charge on any atom is 0.321 e. The van der Waals surface area contributed by atoms with Gasteiger partial charge in [0.2, 0.25) is 0 Å². The van der Waals surface area contributed by atoms with Crippen LogP contribution in [0.15, 0.2) is 42.6 Å². The van der Waals surface area contributed by atoms with Gasteiger partial charge in [-0.25, -0.2) is 4.79 Å². The van der Waals surface area contributed by atoms with Gasteiger partial charge in [0.05, 0.1) is 25.1 Å². The minimum absolute atomic E-state index is 0.0530. The number of piperazine rings is 1. The zero-order valence-corrected chi connectivity index (χ0v) is 15.3. The van der Waals surface area contributed by atoms with Crippen molar-refractivity contribution in [1.29, 1.82) is 0 Å². The van der Waals surface area contributed by atoms with Crippen LogP contribution in [-0.4, -0.2) is 73.6 Å². The lowest BCUT2D eigenvalue weighted by Gasteiger charge is -2.36. The Hall–Kier alpha value is -2.87. The van der Waals surface area contributed by atoms with Gasteiger partial charge in [-0.2, -0.15) is 5.10 Å². The van der Waals surface area contributed by atoms with Crippen molar-refractivity contribution in [3.8, 4) is 0 Å². The van der Waals surface area contributed by atoms with Gasteiger partial charge in [-0.3, -0.25) is 0 Å². The minimum atomic E-state index is -0.0530. The predicted octanol–water partition coefficient (Wildman–Crippen LogP) is 1.67. The third-order valence-corrected chi connectivity index (χ3v) is 4.92. The molecule has 0 unspecified atom stereocenters. The lowest BCUT2D eigenvalue weighted by atomic mass is 10.2. The van der Waals surface area contributed by atoms with Gasteiger partial charge in [0.25, 0.3) is 0 Å². The summed E-state index contributed by atoms with van der Waals surface area (Å²) < 4.78 is 5.40. The van der Waals surface area contributed by atoms with Crippen LogP contribution in [0.1, 0.15) is 0 Å². The maximum atomic E-state index is 12.4. The van der Waals surface area contributed by atoms with Crippen molar-refractivity contribution in [1.82, 2.24) is 15.1 Å². The van der Waals surface area contributed by atoms with Crippen molar-refractivity contribution in [2.45, 2.75) is 0 Å². The normalized spacial score (nSPS) is 17.7. The molecule has 0 atom stereocenters. The first-order chi connectivity index (χ1) is 13.3. The van der Waals surface area contributed by atoms with E-state index >= 15 is 0 Å². The first kappa shape index (κ1) is 17.5. The molecule has 8 heteroatoms. The lowest BCUT2D eigenvalue weighted by Crippen LogP contribution is -2.50. The molecule has 2 aliphatic rings. The number of benzene rings is 1. The Bertz CT molecular complexity index is 758. The number of carbonyl (C=O) groups is 1. The summed E-state index contributed by atoms with van der Waals surface area (Å²) in [5.74, 6) is 0.889. The molecule has 2 fully saturated rings. The van der Waals surface area contributed by atoms with Crippen LogP contribution in [0.5, 0.6) is 0 Å². The van der Waals surface area contributed by atoms with Gasteiger partial charge < -0.3 is 24.8 Å². The third kappa shape index (κ3) is 4.28. The molecular formula is C19H24N6O2. The van der Waals surface area contributed by atoms with Crippen LogP contribution in [0.3, 0.4) is 0 Å². The number of nitrogens with zero attached hydrogens (tertiary/aromatic N) is 5. The van der Waals surface area contributed by atoms with E-state index in [0.29, 0.717) is 13.1 Å². The van der Waals surface area contributed by atoms with Gasteiger partial charge >= 0.3 is 6.03 Å². The summed E-state index contributed by atoms with van der Waals surface area (Å²) in [6, 6.07) is 11.6. The third-order valence-electron chi connectivity index (χ3n) is 4.92. The summed E-state index contributed by atoms with van der Waals surface area (Å²) in [7, 11) is 0. The van der Waals surface area contributed by atoms with Gasteiger partial charge in [-0.1, -0.05) is 18.2 Å². The summed E-state index contributed by atoms with van der Waals surface area (Å²) in [6.45, 7) is 6.02. The molecule has 1 aromatic heterocycles. The Balaban J connectivity index is 1.34. The van der Waals surface area contributed by atoms with Crippen LogP contribution in [-0.2, 0) is 4.74 Å². The summed E-state index contributed by atoms with van der Waals surface area (Å²) in [5, 5.41) is 11.4. The molecule has 0 spiro atoms. The standard InChI is InChI=1S/C19H24N6O2/c26-19(21-16-4-2-1-3-5-16)25-8-6-23(7-9-25)17-14-18(22-20-15-17)24-10-12-27-13-11-24/h1-5,14-15H,6-13H2,(H,21,26). The molecule has 0 saturated carbocycles. The van der Waals surface area contributed by atoms with Gasteiger partial charge in [0, 0.05) is 51.0 Å². The van der Waals surface area contributed by atoms with E-state index in [1.54, 1.807) is 6.20 Å². The fourth-order valence-electron chi connectivity index (χ4n) is 3.36. The second kappa shape index (κ2) is 8.22. The fourth-order valence-corrected chi connectivity index (χ4v) is 3.36. The number of rotatable bonds is 3. The molecule has 0 radical (unpaired) electrons. The molecule has 27 heavy (non-hydrogen) atoms. The SMILES string of the molecule is O=C(Nc1ccccc1)N1CCN(c2cnnc(N3CCOCC3)c2)CC1. The van der Waals surface area contributed by atoms with Gasteiger partial charge in [0.1, 0.15) is 0 Å². The number of morpholine rings is 1. The fraction of sp³-hybridized carbons (Fsp3) is 0.421. The molecule has 8 nitrogen and oxygen atoms in total. The first-order valence-electron chi connectivity index (χ1n) is 9.31. The molecule has 3 heterocycles. The molecule has 2 amide bonds. The summed E-state index contributed by atoms with van der Waals surface area (Å²) in [5.41, 5.74) is 1.87. The Labute approximate surface area is 158 Å². The molecule has 1 N–H and O–H groups in total. The number of hydrogen-bond donors (Lipinski definition) is 1. The van der Waals surface area contributed by atoms with E-state index in [4.69, 9.17) is 4.74 Å². The van der Waals surface area contributed by atoms with E-state index in [1.165, 1.54) is 0 Å². The molecule has 4 rings (SSSR count). The number of aromatic nitrogens is 2. The average Bonchev–Trinajstić information content (AvgIpc) is 2.75. The highest BCUT2D eigenvalue weighted by molar-refractivity contribution is 5.89. The number of nitrogens with one attached hydrogen (secondary N) is 1. The van der Waals surface area contributed by atoms with Gasteiger partial charge in [-0.05, 0) is 12.1 Å². The van der Waals surface area contributed by atoms with Crippen LogP contribution in [0.4, 0.5) is 22.0 Å². The van der Waals surface area contributed by atoms with Gasteiger partial charge in [0.15, 0.2) is 5.82 Å². The molecule has 2 saturated heterocycles. The van der Waals surface area contributed by atoms with Crippen molar-refractivity contribution in [3.63, 3.8) is 0 Å². The smallest absolute Gasteiger partial charge is 0.321 e. The topological polar surface area (TPSA) is 73.8 Å². The van der Waals surface area contributed by atoms with Crippen molar-refractivity contribution >= 4 is 23.2 Å². The molecule has 0 bridgehead atoms. The molecule has 2 aromatic rings. The maximum absolute atomic E-state index is 12.4. The van der Waals surface area contributed by atoms with Crippen molar-refractivity contribution < 1.29 is 9.53 Å². The number of hydrogen-bond acceptors (Lipinski definition) is 6. The Morgan fingerprint density at radius 3 is 2.44 bits per heavy atom. The Kier molecular flexibility index (Phi) is 5.34. The Morgan fingerprint density at radius 2 is 1.70 bits per heavy atom. The molecular weight excluding hydrogens is 344 g/mol. The van der Waals surface area contributed by atoms with Crippen LogP contribution >= 0.6 is 0 Å². The molecule has 1 aromatic carbocycles. The van der Waals surface area contributed by atoms with E-state index in [1.807, 2.05) is 35.2 Å². The van der Waals surface area contributed by atoms with Crippen LogP contribution < -0.4 is 15.1 Å². The largest absolute Gasteiger partial charge is 0.378 e. The van der Waals surface area contributed by atoms with E-state index in [-0.39, 0.29) is 6.03 Å². The van der Waals surface area contributed by atoms with E-state index < -0.39 is 0 Å². The number of anilines is 3. The lowest BCUT2D eigenvalue weighted by molar-refractivity contribution is 0.122. The van der Waals surface area contributed by atoms with E-state index in [0.717, 1.165) is 56.6 Å². The molecule has 142 valence electrons. The highest BCUT2D eigenvalue weighted by Gasteiger charge is 2.22. The zero-order valence-electron chi connectivity index (χ0n) is 15.3. The highest BCUT2D eigenvalue weighted by Crippen LogP contribution is 2.21. The van der Waals surface area contributed by atoms with E-state index in [9.17, 15) is 4.79 Å². The Morgan fingerprint density at radius 1 is 0.963 bits per heavy atom. The van der Waals surface area contributed by atoms with Gasteiger partial charge in [-0.15, -0.1) is 5.10 Å². The van der Waals surface area contributed by atoms with E-state index in [2.05, 4.69) is 31.4 Å². The van der Waals surface area contributed by atoms with Crippen molar-refractivity contribution in [3.05, 3.63) is 42.6 Å². The number of para-hydroxylation sites is 1. The van der Waals surface area contributed by atoms with Crippen molar-refractivity contribution in [2.75, 3.05) is 67.6 Å². The summed E-state index contributed by atoms with van der Waals surface area (Å²) >= 11 is 0. The minimum Gasteiger partial charge on any atom is -0.378 e.